The summed E-state index contributed by atoms with van der Waals surface area (Å²) in [5.74, 6) is -2.36. The highest BCUT2D eigenvalue weighted by molar-refractivity contribution is 6.34. The Morgan fingerprint density at radius 2 is 1.79 bits per heavy atom. The van der Waals surface area contributed by atoms with Crippen molar-refractivity contribution in [1.29, 1.82) is 0 Å². The molecule has 1 heterocycles. The molecule has 2 aromatic carbocycles. The van der Waals surface area contributed by atoms with Crippen LogP contribution in [0.5, 0.6) is 0 Å². The molecule has 0 saturated heterocycles. The lowest BCUT2D eigenvalue weighted by atomic mass is 9.77. The monoisotopic (exact) mass is 431 g/mol. The van der Waals surface area contributed by atoms with Crippen LogP contribution in [0.2, 0.25) is 10.0 Å². The third kappa shape index (κ3) is 3.22. The van der Waals surface area contributed by atoms with Gasteiger partial charge in [-0.2, -0.15) is 13.2 Å². The summed E-state index contributed by atoms with van der Waals surface area (Å²) in [6.07, 6.45) is -4.82. The highest BCUT2D eigenvalue weighted by Crippen LogP contribution is 2.52. The van der Waals surface area contributed by atoms with Gasteiger partial charge in [0.25, 0.3) is 5.60 Å². The molecule has 2 atom stereocenters. The average Bonchev–Trinajstić information content (AvgIpc) is 2.91. The zero-order valence-electron chi connectivity index (χ0n) is 14.6. The summed E-state index contributed by atoms with van der Waals surface area (Å²) in [5, 5.41) is 12.9. The van der Waals surface area contributed by atoms with Crippen LogP contribution in [-0.4, -0.2) is 23.0 Å². The van der Waals surface area contributed by atoms with E-state index in [0.29, 0.717) is 11.1 Å². The lowest BCUT2D eigenvalue weighted by Crippen LogP contribution is -2.48. The minimum Gasteiger partial charge on any atom is -0.478 e. The van der Waals surface area contributed by atoms with E-state index in [0.717, 1.165) is 12.1 Å². The van der Waals surface area contributed by atoms with Crippen molar-refractivity contribution in [2.45, 2.75) is 25.6 Å². The Morgan fingerprint density at radius 1 is 1.18 bits per heavy atom. The molecule has 2 unspecified atom stereocenters. The van der Waals surface area contributed by atoms with Crippen LogP contribution in [0, 0.1) is 12.8 Å². The number of halogens is 5. The smallest absolute Gasteiger partial charge is 0.436 e. The largest absolute Gasteiger partial charge is 0.478 e. The van der Waals surface area contributed by atoms with E-state index < -0.39 is 23.7 Å². The topological polar surface area (TPSA) is 58.9 Å². The standard InChI is InChI=1S/C19H14Cl2F3NO3/c1-9-5-11(3-4-15(9)17(26)27)16-10(2)18(28-25-16,19(22,23)24)12-6-13(20)8-14(21)7-12/h3-8,10H,1-2H3,(H,26,27). The molecule has 0 fully saturated rings. The van der Waals surface area contributed by atoms with Crippen molar-refractivity contribution in [2.24, 2.45) is 11.1 Å². The summed E-state index contributed by atoms with van der Waals surface area (Å²) in [6.45, 7) is 2.90. The second-order valence-corrected chi connectivity index (χ2v) is 7.39. The second-order valence-electron chi connectivity index (χ2n) is 6.52. The molecule has 148 valence electrons. The number of aromatic carboxylic acids is 1. The number of rotatable bonds is 3. The van der Waals surface area contributed by atoms with Crippen molar-refractivity contribution < 1.29 is 27.9 Å². The molecule has 28 heavy (non-hydrogen) atoms. The van der Waals surface area contributed by atoms with Gasteiger partial charge in [0.15, 0.2) is 0 Å². The van der Waals surface area contributed by atoms with E-state index in [1.165, 1.54) is 31.2 Å². The maximum Gasteiger partial charge on any atom is 0.436 e. The fraction of sp³-hybridized carbons (Fsp3) is 0.263. The van der Waals surface area contributed by atoms with Gasteiger partial charge in [-0.3, -0.25) is 0 Å². The quantitative estimate of drug-likeness (QED) is 0.664. The Hall–Kier alpha value is -2.25. The lowest BCUT2D eigenvalue weighted by Gasteiger charge is -2.34. The summed E-state index contributed by atoms with van der Waals surface area (Å²) < 4.78 is 42.6. The van der Waals surface area contributed by atoms with Crippen LogP contribution in [-0.2, 0) is 10.4 Å². The molecule has 1 aliphatic heterocycles. The van der Waals surface area contributed by atoms with Gasteiger partial charge in [-0.05, 0) is 42.8 Å². The molecule has 0 saturated carbocycles. The Labute approximate surface area is 168 Å². The minimum atomic E-state index is -4.82. The first kappa shape index (κ1) is 20.5. The Bertz CT molecular complexity index is 971. The van der Waals surface area contributed by atoms with Gasteiger partial charge in [0, 0.05) is 21.2 Å². The maximum absolute atomic E-state index is 14.2. The van der Waals surface area contributed by atoms with Gasteiger partial charge in [-0.1, -0.05) is 41.3 Å². The third-order valence-electron chi connectivity index (χ3n) is 4.77. The number of alkyl halides is 3. The SMILES string of the molecule is Cc1cc(C2=NOC(c3cc(Cl)cc(Cl)c3)(C(F)(F)F)C2C)ccc1C(=O)O. The number of nitrogens with zero attached hydrogens (tertiary/aromatic N) is 1. The summed E-state index contributed by atoms with van der Waals surface area (Å²) in [5.41, 5.74) is -2.18. The molecule has 0 radical (unpaired) electrons. The molecule has 3 rings (SSSR count). The summed E-state index contributed by atoms with van der Waals surface area (Å²) >= 11 is 11.8. The highest BCUT2D eigenvalue weighted by Gasteiger charge is 2.66. The van der Waals surface area contributed by atoms with E-state index in [4.69, 9.17) is 33.1 Å². The van der Waals surface area contributed by atoms with Gasteiger partial charge in [0.05, 0.1) is 17.2 Å². The summed E-state index contributed by atoms with van der Waals surface area (Å²) in [4.78, 5) is 16.2. The second kappa shape index (κ2) is 6.97. The Morgan fingerprint density at radius 3 is 2.29 bits per heavy atom. The van der Waals surface area contributed by atoms with Crippen molar-refractivity contribution in [3.8, 4) is 0 Å². The fourth-order valence-electron chi connectivity index (χ4n) is 3.37. The molecule has 0 amide bonds. The van der Waals surface area contributed by atoms with E-state index >= 15 is 0 Å². The van der Waals surface area contributed by atoms with Gasteiger partial charge < -0.3 is 9.94 Å². The van der Waals surface area contributed by atoms with Crippen molar-refractivity contribution in [2.75, 3.05) is 0 Å². The normalized spacial score (nSPS) is 22.0. The molecular weight excluding hydrogens is 418 g/mol. The number of aryl methyl sites for hydroxylation is 1. The molecule has 0 aliphatic carbocycles. The predicted octanol–water partition coefficient (Wildman–Crippen LogP) is 5.83. The molecule has 0 bridgehead atoms. The van der Waals surface area contributed by atoms with Crippen molar-refractivity contribution >= 4 is 34.9 Å². The first-order chi connectivity index (χ1) is 13.0. The number of benzene rings is 2. The Balaban J connectivity index is 2.11. The van der Waals surface area contributed by atoms with Crippen molar-refractivity contribution in [1.82, 2.24) is 0 Å². The third-order valence-corrected chi connectivity index (χ3v) is 5.21. The van der Waals surface area contributed by atoms with Gasteiger partial charge in [-0.25, -0.2) is 4.79 Å². The number of hydrogen-bond donors (Lipinski definition) is 1. The average molecular weight is 432 g/mol. The molecule has 4 nitrogen and oxygen atoms in total. The van der Waals surface area contributed by atoms with E-state index in [1.54, 1.807) is 6.92 Å². The molecule has 0 aromatic heterocycles. The first-order valence-electron chi connectivity index (χ1n) is 8.11. The fourth-order valence-corrected chi connectivity index (χ4v) is 3.90. The van der Waals surface area contributed by atoms with Gasteiger partial charge in [0.1, 0.15) is 0 Å². The van der Waals surface area contributed by atoms with Crippen LogP contribution in [0.3, 0.4) is 0 Å². The number of carboxylic acid groups (broad SMARTS) is 1. The van der Waals surface area contributed by atoms with Crippen molar-refractivity contribution in [3.05, 3.63) is 68.7 Å². The molecule has 1 N–H and O–H groups in total. The predicted molar refractivity (Wildman–Crippen MR) is 99.1 cm³/mol. The lowest BCUT2D eigenvalue weighted by molar-refractivity contribution is -0.287. The molecule has 2 aromatic rings. The molecule has 0 spiro atoms. The zero-order valence-corrected chi connectivity index (χ0v) is 16.2. The number of oxime groups is 1. The maximum atomic E-state index is 14.2. The summed E-state index contributed by atoms with van der Waals surface area (Å²) in [7, 11) is 0. The van der Waals surface area contributed by atoms with Crippen LogP contribution >= 0.6 is 23.2 Å². The zero-order chi connectivity index (χ0) is 20.9. The molecule has 9 heteroatoms. The van der Waals surface area contributed by atoms with Crippen LogP contribution < -0.4 is 0 Å². The van der Waals surface area contributed by atoms with E-state index in [9.17, 15) is 18.0 Å². The van der Waals surface area contributed by atoms with E-state index in [2.05, 4.69) is 5.16 Å². The van der Waals surface area contributed by atoms with E-state index in [1.807, 2.05) is 0 Å². The number of carboxylic acids is 1. The van der Waals surface area contributed by atoms with Gasteiger partial charge >= 0.3 is 12.1 Å². The van der Waals surface area contributed by atoms with Crippen LogP contribution in [0.1, 0.15) is 34.0 Å². The van der Waals surface area contributed by atoms with Crippen LogP contribution in [0.15, 0.2) is 41.6 Å². The van der Waals surface area contributed by atoms with Crippen LogP contribution in [0.25, 0.3) is 0 Å². The van der Waals surface area contributed by atoms with Crippen molar-refractivity contribution in [3.63, 3.8) is 0 Å². The first-order valence-corrected chi connectivity index (χ1v) is 8.86. The number of hydrogen-bond acceptors (Lipinski definition) is 3. The summed E-state index contributed by atoms with van der Waals surface area (Å²) in [6, 6.07) is 7.83. The minimum absolute atomic E-state index is 0.0389. The molecular formula is C19H14Cl2F3NO3. The Kier molecular flexibility index (Phi) is 5.10. The highest BCUT2D eigenvalue weighted by atomic mass is 35.5. The van der Waals surface area contributed by atoms with E-state index in [-0.39, 0.29) is 26.9 Å². The number of carbonyl (C=O) groups is 1. The van der Waals surface area contributed by atoms with Gasteiger partial charge in [0.2, 0.25) is 0 Å². The van der Waals surface area contributed by atoms with Crippen LogP contribution in [0.4, 0.5) is 13.2 Å². The molecule has 1 aliphatic rings. The van der Waals surface area contributed by atoms with Gasteiger partial charge in [-0.15, -0.1) is 0 Å².